The SMILES string of the molecule is CCN1CCC(N(C)c2ncc(Br)cc2CO)CC1. The second kappa shape index (κ2) is 6.68. The summed E-state index contributed by atoms with van der Waals surface area (Å²) >= 11 is 3.40. The quantitative estimate of drug-likeness (QED) is 0.920. The van der Waals surface area contributed by atoms with E-state index in [9.17, 15) is 5.11 Å². The van der Waals surface area contributed by atoms with Gasteiger partial charge in [-0.2, -0.15) is 0 Å². The molecule has 0 saturated carbocycles. The topological polar surface area (TPSA) is 39.6 Å². The summed E-state index contributed by atoms with van der Waals surface area (Å²) in [4.78, 5) is 9.17. The average molecular weight is 328 g/mol. The Morgan fingerprint density at radius 1 is 1.47 bits per heavy atom. The minimum Gasteiger partial charge on any atom is -0.392 e. The van der Waals surface area contributed by atoms with Gasteiger partial charge in [0, 0.05) is 42.4 Å². The van der Waals surface area contributed by atoms with Crippen LogP contribution in [0.1, 0.15) is 25.3 Å². The molecule has 2 rings (SSSR count). The monoisotopic (exact) mass is 327 g/mol. The van der Waals surface area contributed by atoms with Gasteiger partial charge in [0.15, 0.2) is 0 Å². The number of aromatic nitrogens is 1. The number of halogens is 1. The number of anilines is 1. The van der Waals surface area contributed by atoms with Gasteiger partial charge in [0.25, 0.3) is 0 Å². The zero-order valence-corrected chi connectivity index (χ0v) is 13.2. The maximum absolute atomic E-state index is 9.47. The van der Waals surface area contributed by atoms with Gasteiger partial charge in [-0.3, -0.25) is 0 Å². The number of nitrogens with zero attached hydrogens (tertiary/aromatic N) is 3. The van der Waals surface area contributed by atoms with E-state index in [4.69, 9.17) is 0 Å². The Morgan fingerprint density at radius 3 is 2.74 bits per heavy atom. The van der Waals surface area contributed by atoms with Crippen molar-refractivity contribution in [3.05, 3.63) is 22.3 Å². The van der Waals surface area contributed by atoms with Crippen LogP contribution in [0, 0.1) is 0 Å². The number of aliphatic hydroxyl groups excluding tert-OH is 1. The van der Waals surface area contributed by atoms with E-state index in [0.717, 1.165) is 48.3 Å². The van der Waals surface area contributed by atoms with Crippen molar-refractivity contribution in [2.75, 3.05) is 31.6 Å². The van der Waals surface area contributed by atoms with E-state index in [1.54, 1.807) is 6.20 Å². The molecule has 0 amide bonds. The number of pyridine rings is 1. The van der Waals surface area contributed by atoms with Crippen molar-refractivity contribution in [1.82, 2.24) is 9.88 Å². The lowest BCUT2D eigenvalue weighted by atomic mass is 10.0. The standard InChI is InChI=1S/C14H22BrN3O/c1-3-18-6-4-13(5-7-18)17(2)14-11(10-19)8-12(15)9-16-14/h8-9,13,19H,3-7,10H2,1-2H3. The highest BCUT2D eigenvalue weighted by Crippen LogP contribution is 2.25. The summed E-state index contributed by atoms with van der Waals surface area (Å²) < 4.78 is 0.912. The lowest BCUT2D eigenvalue weighted by Gasteiger charge is -2.37. The summed E-state index contributed by atoms with van der Waals surface area (Å²) in [6.45, 7) is 5.67. The van der Waals surface area contributed by atoms with E-state index in [-0.39, 0.29) is 6.61 Å². The molecule has 106 valence electrons. The van der Waals surface area contributed by atoms with Gasteiger partial charge >= 0.3 is 0 Å². The van der Waals surface area contributed by atoms with Crippen molar-refractivity contribution in [3.8, 4) is 0 Å². The van der Waals surface area contributed by atoms with Gasteiger partial charge in [-0.25, -0.2) is 4.98 Å². The smallest absolute Gasteiger partial charge is 0.134 e. The first-order valence-corrected chi connectivity index (χ1v) is 7.65. The molecule has 1 fully saturated rings. The summed E-state index contributed by atoms with van der Waals surface area (Å²) in [5, 5.41) is 9.47. The van der Waals surface area contributed by atoms with Crippen LogP contribution in [0.5, 0.6) is 0 Å². The maximum Gasteiger partial charge on any atom is 0.134 e. The van der Waals surface area contributed by atoms with E-state index in [1.807, 2.05) is 6.07 Å². The molecular weight excluding hydrogens is 306 g/mol. The highest BCUT2D eigenvalue weighted by Gasteiger charge is 2.23. The first-order chi connectivity index (χ1) is 9.15. The molecule has 1 saturated heterocycles. The van der Waals surface area contributed by atoms with Gasteiger partial charge in [0.1, 0.15) is 5.82 Å². The van der Waals surface area contributed by atoms with Crippen LogP contribution >= 0.6 is 15.9 Å². The highest BCUT2D eigenvalue weighted by atomic mass is 79.9. The largest absolute Gasteiger partial charge is 0.392 e. The summed E-state index contributed by atoms with van der Waals surface area (Å²) in [5.41, 5.74) is 0.884. The number of aliphatic hydroxyl groups is 1. The van der Waals surface area contributed by atoms with Crippen LogP contribution in [0.3, 0.4) is 0 Å². The third kappa shape index (κ3) is 3.46. The normalized spacial score (nSPS) is 17.7. The number of rotatable bonds is 4. The lowest BCUT2D eigenvalue weighted by molar-refractivity contribution is 0.220. The van der Waals surface area contributed by atoms with Gasteiger partial charge < -0.3 is 14.9 Å². The van der Waals surface area contributed by atoms with Crippen LogP contribution in [0.15, 0.2) is 16.7 Å². The molecule has 0 aromatic carbocycles. The third-order valence-corrected chi connectivity index (χ3v) is 4.40. The second-order valence-electron chi connectivity index (χ2n) is 5.07. The molecule has 0 unspecified atom stereocenters. The van der Waals surface area contributed by atoms with Crippen molar-refractivity contribution >= 4 is 21.7 Å². The Hall–Kier alpha value is -0.650. The molecule has 0 spiro atoms. The number of piperidine rings is 1. The summed E-state index contributed by atoms with van der Waals surface area (Å²) in [5.74, 6) is 0.903. The van der Waals surface area contributed by atoms with Gasteiger partial charge in [0.05, 0.1) is 6.61 Å². The van der Waals surface area contributed by atoms with Crippen molar-refractivity contribution < 1.29 is 5.11 Å². The van der Waals surface area contributed by atoms with Crippen LogP contribution in [0.2, 0.25) is 0 Å². The first kappa shape index (κ1) is 14.8. The predicted molar refractivity (Wildman–Crippen MR) is 81.4 cm³/mol. The molecule has 19 heavy (non-hydrogen) atoms. The Balaban J connectivity index is 2.09. The van der Waals surface area contributed by atoms with Crippen LogP contribution < -0.4 is 4.90 Å². The molecule has 2 heterocycles. The summed E-state index contributed by atoms with van der Waals surface area (Å²) in [6, 6.07) is 2.46. The van der Waals surface area contributed by atoms with Gasteiger partial charge in [-0.1, -0.05) is 6.92 Å². The van der Waals surface area contributed by atoms with Crippen molar-refractivity contribution in [2.24, 2.45) is 0 Å². The van der Waals surface area contributed by atoms with Crippen LogP contribution in [0.25, 0.3) is 0 Å². The molecule has 1 aliphatic heterocycles. The fraction of sp³-hybridized carbons (Fsp3) is 0.643. The predicted octanol–water partition coefficient (Wildman–Crippen LogP) is 2.26. The first-order valence-electron chi connectivity index (χ1n) is 6.86. The highest BCUT2D eigenvalue weighted by molar-refractivity contribution is 9.10. The minimum absolute atomic E-state index is 0.0277. The van der Waals surface area contributed by atoms with Gasteiger partial charge in [-0.05, 0) is 41.4 Å². The molecular formula is C14H22BrN3O. The summed E-state index contributed by atoms with van der Waals surface area (Å²) in [7, 11) is 2.08. The lowest BCUT2D eigenvalue weighted by Crippen LogP contribution is -2.43. The summed E-state index contributed by atoms with van der Waals surface area (Å²) in [6.07, 6.45) is 4.12. The molecule has 1 aromatic rings. The molecule has 0 aliphatic carbocycles. The average Bonchev–Trinajstić information content (AvgIpc) is 2.46. The van der Waals surface area contributed by atoms with Crippen molar-refractivity contribution in [3.63, 3.8) is 0 Å². The van der Waals surface area contributed by atoms with Crippen LogP contribution in [-0.4, -0.2) is 47.7 Å². The zero-order chi connectivity index (χ0) is 13.8. The fourth-order valence-electron chi connectivity index (χ4n) is 2.70. The molecule has 0 bridgehead atoms. The van der Waals surface area contributed by atoms with E-state index in [0.29, 0.717) is 6.04 Å². The van der Waals surface area contributed by atoms with Crippen LogP contribution in [-0.2, 0) is 6.61 Å². The van der Waals surface area contributed by atoms with Crippen molar-refractivity contribution in [2.45, 2.75) is 32.4 Å². The minimum atomic E-state index is 0.0277. The van der Waals surface area contributed by atoms with E-state index < -0.39 is 0 Å². The third-order valence-electron chi connectivity index (χ3n) is 3.97. The maximum atomic E-state index is 9.47. The van der Waals surface area contributed by atoms with E-state index in [2.05, 4.69) is 44.7 Å². The molecule has 1 aliphatic rings. The Kier molecular flexibility index (Phi) is 5.19. The molecule has 1 aromatic heterocycles. The molecule has 1 N–H and O–H groups in total. The Bertz CT molecular complexity index is 419. The van der Waals surface area contributed by atoms with Crippen LogP contribution in [0.4, 0.5) is 5.82 Å². The Labute approximate surface area is 123 Å². The Morgan fingerprint density at radius 2 is 2.16 bits per heavy atom. The second-order valence-corrected chi connectivity index (χ2v) is 5.99. The number of hydrogen-bond donors (Lipinski definition) is 1. The molecule has 0 atom stereocenters. The van der Waals surface area contributed by atoms with Gasteiger partial charge in [-0.15, -0.1) is 0 Å². The molecule has 5 heteroatoms. The number of hydrogen-bond acceptors (Lipinski definition) is 4. The zero-order valence-electron chi connectivity index (χ0n) is 11.6. The molecule has 4 nitrogen and oxygen atoms in total. The van der Waals surface area contributed by atoms with Gasteiger partial charge in [0.2, 0.25) is 0 Å². The number of likely N-dealkylation sites (tertiary alicyclic amines) is 1. The van der Waals surface area contributed by atoms with E-state index in [1.165, 1.54) is 0 Å². The fourth-order valence-corrected chi connectivity index (χ4v) is 3.08. The van der Waals surface area contributed by atoms with Crippen molar-refractivity contribution in [1.29, 1.82) is 0 Å². The molecule has 0 radical (unpaired) electrons. The van der Waals surface area contributed by atoms with E-state index >= 15 is 0 Å².